The zero-order valence-electron chi connectivity index (χ0n) is 15.1. The van der Waals surface area contributed by atoms with Gasteiger partial charge in [0.15, 0.2) is 11.5 Å². The third-order valence-corrected chi connectivity index (χ3v) is 5.92. The van der Waals surface area contributed by atoms with Gasteiger partial charge in [-0.1, -0.05) is 0 Å². The monoisotopic (exact) mass is 371 g/mol. The van der Waals surface area contributed by atoms with Crippen molar-refractivity contribution in [1.29, 1.82) is 0 Å². The van der Waals surface area contributed by atoms with Gasteiger partial charge in [-0.05, 0) is 79.1 Å². The van der Waals surface area contributed by atoms with Crippen LogP contribution in [0.2, 0.25) is 0 Å². The Kier molecular flexibility index (Phi) is 5.16. The Morgan fingerprint density at radius 3 is 2.62 bits per heavy atom. The van der Waals surface area contributed by atoms with E-state index in [1.807, 2.05) is 23.1 Å². The number of amides is 1. The third kappa shape index (κ3) is 3.88. The van der Waals surface area contributed by atoms with Crippen LogP contribution >= 0.6 is 11.3 Å². The molecule has 0 radical (unpaired) electrons. The molecule has 0 saturated heterocycles. The molecule has 2 aliphatic carbocycles. The lowest BCUT2D eigenvalue weighted by atomic mass is 10.1. The highest BCUT2D eigenvalue weighted by atomic mass is 32.1. The second kappa shape index (κ2) is 7.70. The molecule has 1 amide bonds. The van der Waals surface area contributed by atoms with Crippen LogP contribution in [0.15, 0.2) is 35.0 Å². The quantitative estimate of drug-likeness (QED) is 0.696. The van der Waals surface area contributed by atoms with Crippen molar-refractivity contribution in [2.24, 2.45) is 0 Å². The van der Waals surface area contributed by atoms with Gasteiger partial charge in [0.05, 0.1) is 13.2 Å². The van der Waals surface area contributed by atoms with E-state index in [0.717, 1.165) is 31.4 Å². The fourth-order valence-corrected chi connectivity index (χ4v) is 4.24. The number of nitrogens with zero attached hydrogens (tertiary/aromatic N) is 1. The molecule has 26 heavy (non-hydrogen) atoms. The number of rotatable bonds is 7. The van der Waals surface area contributed by atoms with Gasteiger partial charge < -0.3 is 14.4 Å². The first-order valence-electron chi connectivity index (χ1n) is 9.41. The standard InChI is InChI=1S/C21H25NO3S/c1-24-20-12-16(6-9-19(20)25-18-4-2-3-5-18)21(23)22(17-7-8-17)13-15-10-11-26-14-15/h6,9-12,14,17-18H,2-5,7-8,13H2,1H3. The summed E-state index contributed by atoms with van der Waals surface area (Å²) in [4.78, 5) is 15.1. The van der Waals surface area contributed by atoms with E-state index >= 15 is 0 Å². The lowest BCUT2D eigenvalue weighted by molar-refractivity contribution is 0.0729. The number of methoxy groups -OCH3 is 1. The maximum absolute atomic E-state index is 13.1. The molecule has 0 unspecified atom stereocenters. The summed E-state index contributed by atoms with van der Waals surface area (Å²) in [5.41, 5.74) is 1.87. The molecule has 0 atom stereocenters. The number of carbonyl (C=O) groups excluding carboxylic acids is 1. The number of ether oxygens (including phenoxy) is 2. The summed E-state index contributed by atoms with van der Waals surface area (Å²) in [6.45, 7) is 0.676. The van der Waals surface area contributed by atoms with Crippen molar-refractivity contribution in [3.8, 4) is 11.5 Å². The van der Waals surface area contributed by atoms with Gasteiger partial charge in [-0.2, -0.15) is 11.3 Å². The fourth-order valence-electron chi connectivity index (χ4n) is 3.58. The van der Waals surface area contributed by atoms with Crippen molar-refractivity contribution in [2.45, 2.75) is 57.2 Å². The van der Waals surface area contributed by atoms with E-state index in [1.165, 1.54) is 18.4 Å². The van der Waals surface area contributed by atoms with Crippen molar-refractivity contribution in [3.63, 3.8) is 0 Å². The normalized spacial score (nSPS) is 17.3. The maximum atomic E-state index is 13.1. The molecule has 5 heteroatoms. The van der Waals surface area contributed by atoms with Crippen molar-refractivity contribution in [3.05, 3.63) is 46.2 Å². The van der Waals surface area contributed by atoms with Crippen LogP contribution in [0.5, 0.6) is 11.5 Å². The average molecular weight is 372 g/mol. The lowest BCUT2D eigenvalue weighted by Crippen LogP contribution is -2.32. The predicted octanol–water partition coefficient (Wildman–Crippen LogP) is 4.88. The van der Waals surface area contributed by atoms with Gasteiger partial charge in [0.25, 0.3) is 5.91 Å². The molecule has 138 valence electrons. The molecule has 0 bridgehead atoms. The Balaban J connectivity index is 1.52. The first-order valence-corrected chi connectivity index (χ1v) is 10.4. The van der Waals surface area contributed by atoms with Crippen LogP contribution < -0.4 is 9.47 Å². The zero-order valence-corrected chi connectivity index (χ0v) is 16.0. The summed E-state index contributed by atoms with van der Waals surface area (Å²) < 4.78 is 11.6. The highest BCUT2D eigenvalue weighted by Gasteiger charge is 2.33. The Morgan fingerprint density at radius 1 is 1.15 bits per heavy atom. The van der Waals surface area contributed by atoms with Gasteiger partial charge >= 0.3 is 0 Å². The van der Waals surface area contributed by atoms with Gasteiger partial charge in [-0.25, -0.2) is 0 Å². The Morgan fingerprint density at radius 2 is 1.96 bits per heavy atom. The largest absolute Gasteiger partial charge is 0.493 e. The minimum atomic E-state index is 0.0735. The van der Waals surface area contributed by atoms with Crippen LogP contribution in [0.4, 0.5) is 0 Å². The van der Waals surface area contributed by atoms with E-state index in [0.29, 0.717) is 23.9 Å². The van der Waals surface area contributed by atoms with E-state index in [-0.39, 0.29) is 12.0 Å². The van der Waals surface area contributed by atoms with E-state index < -0.39 is 0 Å². The van der Waals surface area contributed by atoms with Gasteiger partial charge in [0.1, 0.15) is 0 Å². The Bertz CT molecular complexity index is 749. The summed E-state index contributed by atoms with van der Waals surface area (Å²) in [7, 11) is 1.63. The molecule has 2 aliphatic rings. The third-order valence-electron chi connectivity index (χ3n) is 5.19. The van der Waals surface area contributed by atoms with Crippen molar-refractivity contribution < 1.29 is 14.3 Å². The Labute approximate surface area is 158 Å². The van der Waals surface area contributed by atoms with Gasteiger partial charge in [0.2, 0.25) is 0 Å². The summed E-state index contributed by atoms with van der Waals surface area (Å²) in [5, 5.41) is 4.17. The topological polar surface area (TPSA) is 38.8 Å². The number of hydrogen-bond donors (Lipinski definition) is 0. The molecule has 1 aromatic heterocycles. The molecule has 2 fully saturated rings. The number of hydrogen-bond acceptors (Lipinski definition) is 4. The van der Waals surface area contributed by atoms with Crippen molar-refractivity contribution in [2.75, 3.05) is 7.11 Å². The first-order chi connectivity index (χ1) is 12.7. The minimum absolute atomic E-state index is 0.0735. The Hall–Kier alpha value is -2.01. The number of carbonyl (C=O) groups is 1. The van der Waals surface area contributed by atoms with E-state index in [2.05, 4.69) is 16.8 Å². The molecule has 0 N–H and O–H groups in total. The van der Waals surface area contributed by atoms with E-state index in [9.17, 15) is 4.79 Å². The highest BCUT2D eigenvalue weighted by molar-refractivity contribution is 7.07. The van der Waals surface area contributed by atoms with Crippen molar-refractivity contribution >= 4 is 17.2 Å². The number of thiophene rings is 1. The molecule has 4 nitrogen and oxygen atoms in total. The zero-order chi connectivity index (χ0) is 17.9. The molecule has 2 saturated carbocycles. The molecule has 0 spiro atoms. The maximum Gasteiger partial charge on any atom is 0.254 e. The molecule has 2 aromatic rings. The first kappa shape index (κ1) is 17.4. The average Bonchev–Trinajstić information content (AvgIpc) is 3.14. The van der Waals surface area contributed by atoms with Gasteiger partial charge in [0, 0.05) is 18.2 Å². The SMILES string of the molecule is COc1cc(C(=O)N(Cc2ccsc2)C2CC2)ccc1OC1CCCC1. The van der Waals surface area contributed by atoms with Crippen LogP contribution in [0.1, 0.15) is 54.4 Å². The van der Waals surface area contributed by atoms with Crippen LogP contribution in [0.3, 0.4) is 0 Å². The molecule has 1 heterocycles. The highest BCUT2D eigenvalue weighted by Crippen LogP contribution is 2.34. The molecular formula is C21H25NO3S. The second-order valence-electron chi connectivity index (χ2n) is 7.19. The van der Waals surface area contributed by atoms with E-state index in [1.54, 1.807) is 18.4 Å². The molecular weight excluding hydrogens is 346 g/mol. The van der Waals surface area contributed by atoms with Crippen LogP contribution in [-0.4, -0.2) is 30.1 Å². The lowest BCUT2D eigenvalue weighted by Gasteiger charge is -2.23. The fraction of sp³-hybridized carbons (Fsp3) is 0.476. The molecule has 1 aromatic carbocycles. The van der Waals surface area contributed by atoms with Crippen LogP contribution in [-0.2, 0) is 6.54 Å². The summed E-state index contributed by atoms with van der Waals surface area (Å²) in [6, 6.07) is 8.04. The summed E-state index contributed by atoms with van der Waals surface area (Å²) in [6.07, 6.45) is 7.10. The summed E-state index contributed by atoms with van der Waals surface area (Å²) in [5.74, 6) is 1.46. The van der Waals surface area contributed by atoms with Gasteiger partial charge in [-0.3, -0.25) is 4.79 Å². The van der Waals surface area contributed by atoms with Crippen molar-refractivity contribution in [1.82, 2.24) is 4.90 Å². The predicted molar refractivity (Wildman–Crippen MR) is 103 cm³/mol. The van der Waals surface area contributed by atoms with Gasteiger partial charge in [-0.15, -0.1) is 0 Å². The molecule has 4 rings (SSSR count). The molecule has 0 aliphatic heterocycles. The number of benzene rings is 1. The minimum Gasteiger partial charge on any atom is -0.493 e. The summed E-state index contributed by atoms with van der Waals surface area (Å²) >= 11 is 1.67. The van der Waals surface area contributed by atoms with Crippen LogP contribution in [0, 0.1) is 0 Å². The van der Waals surface area contributed by atoms with E-state index in [4.69, 9.17) is 9.47 Å². The second-order valence-corrected chi connectivity index (χ2v) is 7.97. The van der Waals surface area contributed by atoms with Crippen LogP contribution in [0.25, 0.3) is 0 Å². The smallest absolute Gasteiger partial charge is 0.254 e.